The zero-order valence-corrected chi connectivity index (χ0v) is 11.1. The zero-order chi connectivity index (χ0) is 13.9. The summed E-state index contributed by atoms with van der Waals surface area (Å²) in [5.41, 5.74) is 5.59. The first-order chi connectivity index (χ1) is 9.79. The van der Waals surface area contributed by atoms with Crippen molar-refractivity contribution in [3.05, 3.63) is 66.5 Å². The van der Waals surface area contributed by atoms with Crippen LogP contribution in [0.15, 0.2) is 55.1 Å². The Bertz CT molecular complexity index is 685. The maximum absolute atomic E-state index is 5.71. The van der Waals surface area contributed by atoms with Crippen LogP contribution in [0.5, 0.6) is 0 Å². The highest BCUT2D eigenvalue weighted by Crippen LogP contribution is 2.21. The number of imidazole rings is 1. The van der Waals surface area contributed by atoms with Gasteiger partial charge in [-0.1, -0.05) is 18.2 Å². The van der Waals surface area contributed by atoms with E-state index in [-0.39, 0.29) is 6.04 Å². The van der Waals surface area contributed by atoms with Gasteiger partial charge in [0.2, 0.25) is 0 Å². The molecule has 1 aromatic carbocycles. The molecule has 0 saturated heterocycles. The number of hydrogen-bond acceptors (Lipinski definition) is 4. The summed E-state index contributed by atoms with van der Waals surface area (Å²) in [6.45, 7) is 0. The Hall–Kier alpha value is -2.44. The molecule has 0 saturated carbocycles. The molecule has 1 unspecified atom stereocenters. The van der Waals surface area contributed by atoms with Gasteiger partial charge in [-0.05, 0) is 18.2 Å². The van der Waals surface area contributed by atoms with Gasteiger partial charge in [0, 0.05) is 19.4 Å². The Morgan fingerprint density at radius 2 is 2.00 bits per heavy atom. The van der Waals surface area contributed by atoms with Crippen molar-refractivity contribution >= 4 is 0 Å². The van der Waals surface area contributed by atoms with Crippen molar-refractivity contribution in [2.45, 2.75) is 6.04 Å². The van der Waals surface area contributed by atoms with Gasteiger partial charge in [-0.15, -0.1) is 0 Å². The van der Waals surface area contributed by atoms with Crippen molar-refractivity contribution in [1.82, 2.24) is 24.8 Å². The van der Waals surface area contributed by atoms with Gasteiger partial charge in [-0.3, -0.25) is 5.84 Å². The molecule has 0 bridgehead atoms. The summed E-state index contributed by atoms with van der Waals surface area (Å²) in [6, 6.07) is 11.7. The molecule has 0 spiro atoms. The minimum atomic E-state index is -0.209. The average Bonchev–Trinajstić information content (AvgIpc) is 3.11. The van der Waals surface area contributed by atoms with E-state index in [1.54, 1.807) is 12.5 Å². The van der Waals surface area contributed by atoms with E-state index < -0.39 is 0 Å². The lowest BCUT2D eigenvalue weighted by Gasteiger charge is -2.15. The van der Waals surface area contributed by atoms with Gasteiger partial charge in [-0.2, -0.15) is 5.10 Å². The first kappa shape index (κ1) is 12.6. The van der Waals surface area contributed by atoms with Gasteiger partial charge in [0.1, 0.15) is 6.04 Å². The summed E-state index contributed by atoms with van der Waals surface area (Å²) < 4.78 is 3.75. The highest BCUT2D eigenvalue weighted by molar-refractivity contribution is 5.34. The molecule has 3 N–H and O–H groups in total. The molecule has 0 amide bonds. The number of rotatable bonds is 4. The van der Waals surface area contributed by atoms with Crippen LogP contribution in [0.25, 0.3) is 5.69 Å². The van der Waals surface area contributed by atoms with E-state index in [0.29, 0.717) is 0 Å². The topological polar surface area (TPSA) is 73.7 Å². The third kappa shape index (κ3) is 2.22. The van der Waals surface area contributed by atoms with E-state index in [9.17, 15) is 0 Å². The van der Waals surface area contributed by atoms with Crippen LogP contribution in [-0.2, 0) is 7.05 Å². The molecular weight excluding hydrogens is 252 g/mol. The van der Waals surface area contributed by atoms with E-state index in [1.165, 1.54) is 0 Å². The zero-order valence-electron chi connectivity index (χ0n) is 11.1. The SMILES string of the molecule is Cn1cnc(C(NN)c2ccnn2-c2ccccc2)c1. The van der Waals surface area contributed by atoms with E-state index in [0.717, 1.165) is 17.1 Å². The molecule has 2 aromatic heterocycles. The number of aryl methyl sites for hydroxylation is 1. The molecule has 6 nitrogen and oxygen atoms in total. The number of aromatic nitrogens is 4. The van der Waals surface area contributed by atoms with E-state index in [4.69, 9.17) is 5.84 Å². The van der Waals surface area contributed by atoms with Gasteiger partial charge < -0.3 is 4.57 Å². The quantitative estimate of drug-likeness (QED) is 0.550. The fourth-order valence-electron chi connectivity index (χ4n) is 2.22. The van der Waals surface area contributed by atoms with Crippen LogP contribution in [0.4, 0.5) is 0 Å². The Morgan fingerprint density at radius 1 is 1.20 bits per heavy atom. The molecule has 0 fully saturated rings. The second-order valence-corrected chi connectivity index (χ2v) is 4.57. The summed E-state index contributed by atoms with van der Waals surface area (Å²) in [4.78, 5) is 4.36. The molecule has 0 radical (unpaired) electrons. The predicted octanol–water partition coefficient (Wildman–Crippen LogP) is 1.16. The van der Waals surface area contributed by atoms with Gasteiger partial charge in [0.05, 0.1) is 23.4 Å². The van der Waals surface area contributed by atoms with E-state index in [1.807, 2.05) is 58.9 Å². The summed E-state index contributed by atoms with van der Waals surface area (Å²) in [5, 5.41) is 4.37. The van der Waals surface area contributed by atoms with Crippen molar-refractivity contribution in [2.24, 2.45) is 12.9 Å². The molecule has 102 valence electrons. The molecule has 3 rings (SSSR count). The monoisotopic (exact) mass is 268 g/mol. The molecule has 0 aliphatic carbocycles. The van der Waals surface area contributed by atoms with Crippen molar-refractivity contribution < 1.29 is 0 Å². The Kier molecular flexibility index (Phi) is 3.32. The Morgan fingerprint density at radius 3 is 2.65 bits per heavy atom. The smallest absolute Gasteiger partial charge is 0.107 e. The number of para-hydroxylation sites is 1. The van der Waals surface area contributed by atoms with Gasteiger partial charge >= 0.3 is 0 Å². The first-order valence-corrected chi connectivity index (χ1v) is 6.33. The van der Waals surface area contributed by atoms with E-state index >= 15 is 0 Å². The predicted molar refractivity (Wildman–Crippen MR) is 75.9 cm³/mol. The van der Waals surface area contributed by atoms with Crippen LogP contribution in [-0.4, -0.2) is 19.3 Å². The standard InChI is InChI=1S/C14H16N6/c1-19-9-12(16-10-19)14(18-15)13-7-8-17-20(13)11-5-3-2-4-6-11/h2-10,14,18H,15H2,1H3. The van der Waals surface area contributed by atoms with Crippen LogP contribution in [0.3, 0.4) is 0 Å². The normalized spacial score (nSPS) is 12.5. The third-order valence-electron chi connectivity index (χ3n) is 3.16. The lowest BCUT2D eigenvalue weighted by molar-refractivity contribution is 0.586. The average molecular weight is 268 g/mol. The van der Waals surface area contributed by atoms with Crippen molar-refractivity contribution in [3.8, 4) is 5.69 Å². The fraction of sp³-hybridized carbons (Fsp3) is 0.143. The molecule has 20 heavy (non-hydrogen) atoms. The van der Waals surface area contributed by atoms with Crippen LogP contribution in [0.2, 0.25) is 0 Å². The minimum absolute atomic E-state index is 0.209. The molecule has 1 atom stereocenters. The summed E-state index contributed by atoms with van der Waals surface area (Å²) in [7, 11) is 1.93. The van der Waals surface area contributed by atoms with Crippen molar-refractivity contribution in [2.75, 3.05) is 0 Å². The number of nitrogens with zero attached hydrogens (tertiary/aromatic N) is 4. The third-order valence-corrected chi connectivity index (χ3v) is 3.16. The van der Waals surface area contributed by atoms with Crippen LogP contribution in [0.1, 0.15) is 17.4 Å². The second kappa shape index (κ2) is 5.28. The van der Waals surface area contributed by atoms with Gasteiger partial charge in [-0.25, -0.2) is 15.1 Å². The lowest BCUT2D eigenvalue weighted by atomic mass is 10.1. The Labute approximate surface area is 116 Å². The molecule has 3 aromatic rings. The maximum Gasteiger partial charge on any atom is 0.107 e. The summed E-state index contributed by atoms with van der Waals surface area (Å²) in [5.74, 6) is 5.71. The fourth-order valence-corrected chi connectivity index (χ4v) is 2.22. The van der Waals surface area contributed by atoms with Crippen LogP contribution < -0.4 is 11.3 Å². The molecule has 0 aliphatic rings. The highest BCUT2D eigenvalue weighted by Gasteiger charge is 2.19. The number of hydrazine groups is 1. The number of hydrogen-bond donors (Lipinski definition) is 2. The summed E-state index contributed by atoms with van der Waals surface area (Å²) >= 11 is 0. The largest absolute Gasteiger partial charge is 0.340 e. The summed E-state index contributed by atoms with van der Waals surface area (Å²) in [6.07, 6.45) is 5.45. The van der Waals surface area contributed by atoms with Crippen LogP contribution in [0, 0.1) is 0 Å². The number of nitrogens with one attached hydrogen (secondary N) is 1. The second-order valence-electron chi connectivity index (χ2n) is 4.57. The molecule has 2 heterocycles. The lowest BCUT2D eigenvalue weighted by Crippen LogP contribution is -2.30. The van der Waals surface area contributed by atoms with Crippen molar-refractivity contribution in [1.29, 1.82) is 0 Å². The van der Waals surface area contributed by atoms with Gasteiger partial charge in [0.15, 0.2) is 0 Å². The maximum atomic E-state index is 5.71. The number of nitrogens with two attached hydrogens (primary N) is 1. The minimum Gasteiger partial charge on any atom is -0.340 e. The molecule has 0 aliphatic heterocycles. The van der Waals surface area contributed by atoms with Crippen LogP contribution >= 0.6 is 0 Å². The van der Waals surface area contributed by atoms with E-state index in [2.05, 4.69) is 15.5 Å². The first-order valence-electron chi connectivity index (χ1n) is 6.33. The number of benzene rings is 1. The highest BCUT2D eigenvalue weighted by atomic mass is 15.3. The molecular formula is C14H16N6. The molecule has 6 heteroatoms. The van der Waals surface area contributed by atoms with Crippen molar-refractivity contribution in [3.63, 3.8) is 0 Å². The van der Waals surface area contributed by atoms with Gasteiger partial charge in [0.25, 0.3) is 0 Å². The Balaban J connectivity index is 2.04.